The molecule has 0 spiro atoms. The number of hydrogen-bond acceptors (Lipinski definition) is 4. The molecule has 6 nitrogen and oxygen atoms in total. The lowest BCUT2D eigenvalue weighted by Crippen LogP contribution is -2.32. The molecular formula is C20H22N2O4S. The summed E-state index contributed by atoms with van der Waals surface area (Å²) in [5.74, 6) is 0.761. The van der Waals surface area contributed by atoms with Gasteiger partial charge in [-0.1, -0.05) is 12.1 Å². The van der Waals surface area contributed by atoms with Gasteiger partial charge in [-0.05, 0) is 54.3 Å². The number of amides is 1. The van der Waals surface area contributed by atoms with Crippen molar-refractivity contribution in [3.63, 3.8) is 0 Å². The van der Waals surface area contributed by atoms with Gasteiger partial charge in [0.25, 0.3) is 0 Å². The van der Waals surface area contributed by atoms with Crippen molar-refractivity contribution in [2.45, 2.75) is 29.6 Å². The predicted molar refractivity (Wildman–Crippen MR) is 103 cm³/mol. The Bertz CT molecular complexity index is 995. The SMILES string of the molecule is COc1ccc(C2(CNS(=O)(=O)c3ccc4c(c3)CC(=O)N4C)CC2)cc1. The molecule has 27 heavy (non-hydrogen) atoms. The number of hydrogen-bond donors (Lipinski definition) is 1. The molecule has 1 aliphatic carbocycles. The molecule has 1 fully saturated rings. The van der Waals surface area contributed by atoms with Gasteiger partial charge in [0.05, 0.1) is 18.4 Å². The van der Waals surface area contributed by atoms with Crippen LogP contribution in [0.25, 0.3) is 0 Å². The molecule has 0 radical (unpaired) electrons. The smallest absolute Gasteiger partial charge is 0.240 e. The lowest BCUT2D eigenvalue weighted by molar-refractivity contribution is -0.117. The molecule has 0 atom stereocenters. The van der Waals surface area contributed by atoms with Gasteiger partial charge < -0.3 is 9.64 Å². The molecule has 142 valence electrons. The minimum atomic E-state index is -3.64. The highest BCUT2D eigenvalue weighted by molar-refractivity contribution is 7.89. The van der Waals surface area contributed by atoms with E-state index in [2.05, 4.69) is 4.72 Å². The van der Waals surface area contributed by atoms with Gasteiger partial charge in [-0.3, -0.25) is 4.79 Å². The number of methoxy groups -OCH3 is 1. The van der Waals surface area contributed by atoms with Crippen molar-refractivity contribution in [3.8, 4) is 5.75 Å². The molecule has 4 rings (SSSR count). The monoisotopic (exact) mass is 386 g/mol. The van der Waals surface area contributed by atoms with Crippen LogP contribution in [0.5, 0.6) is 5.75 Å². The Morgan fingerprint density at radius 3 is 2.48 bits per heavy atom. The zero-order valence-corrected chi connectivity index (χ0v) is 16.2. The molecule has 1 aliphatic heterocycles. The van der Waals surface area contributed by atoms with Crippen molar-refractivity contribution in [2.75, 3.05) is 25.6 Å². The molecule has 2 aliphatic rings. The highest BCUT2D eigenvalue weighted by Crippen LogP contribution is 2.48. The average molecular weight is 386 g/mol. The van der Waals surface area contributed by atoms with E-state index in [9.17, 15) is 13.2 Å². The molecule has 1 amide bonds. The van der Waals surface area contributed by atoms with Crippen LogP contribution in [-0.2, 0) is 26.7 Å². The van der Waals surface area contributed by atoms with Crippen molar-refractivity contribution >= 4 is 21.6 Å². The van der Waals surface area contributed by atoms with Gasteiger partial charge >= 0.3 is 0 Å². The Hall–Kier alpha value is -2.38. The third-order valence-corrected chi connectivity index (χ3v) is 6.99. The molecule has 0 unspecified atom stereocenters. The maximum absolute atomic E-state index is 12.8. The van der Waals surface area contributed by atoms with E-state index in [0.717, 1.165) is 35.4 Å². The van der Waals surface area contributed by atoms with Crippen LogP contribution in [0.3, 0.4) is 0 Å². The molecule has 1 saturated carbocycles. The summed E-state index contributed by atoms with van der Waals surface area (Å²) < 4.78 is 33.5. The molecule has 1 N–H and O–H groups in total. The fourth-order valence-electron chi connectivity index (χ4n) is 3.59. The van der Waals surface area contributed by atoms with Gasteiger partial charge in [-0.15, -0.1) is 0 Å². The number of anilines is 1. The Morgan fingerprint density at radius 1 is 1.15 bits per heavy atom. The van der Waals surface area contributed by atoms with E-state index in [4.69, 9.17) is 4.74 Å². The quantitative estimate of drug-likeness (QED) is 0.826. The minimum absolute atomic E-state index is 0.0241. The van der Waals surface area contributed by atoms with Crippen molar-refractivity contribution in [1.82, 2.24) is 4.72 Å². The lowest BCUT2D eigenvalue weighted by Gasteiger charge is -2.17. The standard InChI is InChI=1S/C20H22N2O4S/c1-22-18-8-7-17(11-14(18)12-19(22)23)27(24,25)21-13-20(9-10-20)15-3-5-16(26-2)6-4-15/h3-8,11,21H,9-10,12-13H2,1-2H3. The summed E-state index contributed by atoms with van der Waals surface area (Å²) in [4.78, 5) is 13.6. The molecule has 0 aromatic heterocycles. The van der Waals surface area contributed by atoms with Crippen molar-refractivity contribution in [3.05, 3.63) is 53.6 Å². The van der Waals surface area contributed by atoms with E-state index in [1.165, 1.54) is 0 Å². The van der Waals surface area contributed by atoms with E-state index in [1.807, 2.05) is 24.3 Å². The molecule has 1 heterocycles. The van der Waals surface area contributed by atoms with Crippen molar-refractivity contribution in [1.29, 1.82) is 0 Å². The molecule has 0 saturated heterocycles. The number of fused-ring (bicyclic) bond motifs is 1. The average Bonchev–Trinajstić information content (AvgIpc) is 3.41. The number of carbonyl (C=O) groups is 1. The summed E-state index contributed by atoms with van der Waals surface area (Å²) in [5.41, 5.74) is 2.50. The molecular weight excluding hydrogens is 364 g/mol. The third kappa shape index (κ3) is 3.21. The highest BCUT2D eigenvalue weighted by Gasteiger charge is 2.44. The predicted octanol–water partition coefficient (Wildman–Crippen LogP) is 2.22. The second kappa shape index (κ2) is 6.35. The normalized spacial score (nSPS) is 17.7. The number of likely N-dealkylation sites (N-methyl/N-ethyl adjacent to an activating group) is 1. The minimum Gasteiger partial charge on any atom is -0.497 e. The Balaban J connectivity index is 1.51. The van der Waals surface area contributed by atoms with E-state index in [0.29, 0.717) is 6.54 Å². The Kier molecular flexibility index (Phi) is 4.24. The van der Waals surface area contributed by atoms with Crippen LogP contribution in [-0.4, -0.2) is 35.0 Å². The maximum Gasteiger partial charge on any atom is 0.240 e. The van der Waals surface area contributed by atoms with Crippen molar-refractivity contribution < 1.29 is 17.9 Å². The number of nitrogens with zero attached hydrogens (tertiary/aromatic N) is 1. The highest BCUT2D eigenvalue weighted by atomic mass is 32.2. The first-order valence-electron chi connectivity index (χ1n) is 8.88. The molecule has 7 heteroatoms. The van der Waals surface area contributed by atoms with Gasteiger partial charge in [-0.25, -0.2) is 13.1 Å². The number of rotatable bonds is 6. The summed E-state index contributed by atoms with van der Waals surface area (Å²) in [6, 6.07) is 12.7. The number of ether oxygens (including phenoxy) is 1. The molecule has 2 aromatic rings. The summed E-state index contributed by atoms with van der Waals surface area (Å²) in [5, 5.41) is 0. The van der Waals surface area contributed by atoms with E-state index >= 15 is 0 Å². The van der Waals surface area contributed by atoms with Crippen LogP contribution >= 0.6 is 0 Å². The largest absolute Gasteiger partial charge is 0.497 e. The summed E-state index contributed by atoms with van der Waals surface area (Å²) in [6.07, 6.45) is 2.14. The number of benzene rings is 2. The van der Waals surface area contributed by atoms with Gasteiger partial charge in [0.15, 0.2) is 0 Å². The first kappa shape index (κ1) is 18.0. The second-order valence-corrected chi connectivity index (χ2v) is 9.02. The Morgan fingerprint density at radius 2 is 1.85 bits per heavy atom. The lowest BCUT2D eigenvalue weighted by atomic mass is 9.96. The van der Waals surface area contributed by atoms with Crippen molar-refractivity contribution in [2.24, 2.45) is 0 Å². The van der Waals surface area contributed by atoms with Crippen LogP contribution in [0.2, 0.25) is 0 Å². The summed E-state index contributed by atoms with van der Waals surface area (Å²) in [6.45, 7) is 0.359. The van der Waals surface area contributed by atoms with Crippen LogP contribution in [0, 0.1) is 0 Å². The second-order valence-electron chi connectivity index (χ2n) is 7.25. The summed E-state index contributed by atoms with van der Waals surface area (Å²) >= 11 is 0. The first-order valence-corrected chi connectivity index (χ1v) is 10.4. The van der Waals surface area contributed by atoms with E-state index < -0.39 is 10.0 Å². The van der Waals surface area contributed by atoms with Crippen LogP contribution in [0.4, 0.5) is 5.69 Å². The van der Waals surface area contributed by atoms with Gasteiger partial charge in [0.2, 0.25) is 15.9 Å². The van der Waals surface area contributed by atoms with Gasteiger partial charge in [0, 0.05) is 24.7 Å². The topological polar surface area (TPSA) is 75.7 Å². The van der Waals surface area contributed by atoms with E-state index in [-0.39, 0.29) is 22.6 Å². The zero-order valence-electron chi connectivity index (χ0n) is 15.4. The number of carbonyl (C=O) groups excluding carboxylic acids is 1. The fourth-order valence-corrected chi connectivity index (χ4v) is 4.77. The maximum atomic E-state index is 12.8. The summed E-state index contributed by atoms with van der Waals surface area (Å²) in [7, 11) is -0.312. The van der Waals surface area contributed by atoms with Crippen LogP contribution < -0.4 is 14.4 Å². The van der Waals surface area contributed by atoms with Crippen LogP contribution in [0.15, 0.2) is 47.4 Å². The first-order chi connectivity index (χ1) is 12.8. The third-order valence-electron chi connectivity index (χ3n) is 5.59. The van der Waals surface area contributed by atoms with Crippen LogP contribution in [0.1, 0.15) is 24.0 Å². The molecule has 2 aromatic carbocycles. The zero-order chi connectivity index (χ0) is 19.2. The van der Waals surface area contributed by atoms with E-state index in [1.54, 1.807) is 37.3 Å². The Labute approximate surface area is 159 Å². The number of nitrogens with one attached hydrogen (secondary N) is 1. The van der Waals surface area contributed by atoms with Gasteiger partial charge in [0.1, 0.15) is 5.75 Å². The number of sulfonamides is 1. The van der Waals surface area contributed by atoms with Gasteiger partial charge in [-0.2, -0.15) is 0 Å². The fraction of sp³-hybridized carbons (Fsp3) is 0.350. The molecule has 0 bridgehead atoms.